The molecule has 322 valence electrons. The Morgan fingerprint density at radius 1 is 0.407 bits per heavy atom. The van der Waals surface area contributed by atoms with Crippen LogP contribution in [0.2, 0.25) is 0 Å². The van der Waals surface area contributed by atoms with E-state index in [1.807, 2.05) is 23.5 Å². The Bertz CT molecular complexity index is 719. The van der Waals surface area contributed by atoms with E-state index in [2.05, 4.69) is 27.7 Å². The number of unbranched alkanes of at least 4 members (excludes halogenated alkanes) is 22. The highest BCUT2D eigenvalue weighted by atomic mass is 32.2. The number of hydrogen-bond acceptors (Lipinski definition) is 7. The first-order chi connectivity index (χ1) is 26.5. The van der Waals surface area contributed by atoms with Crippen molar-refractivity contribution < 1.29 is 24.2 Å². The lowest BCUT2D eigenvalue weighted by molar-refractivity contribution is -0.149. The van der Waals surface area contributed by atoms with Gasteiger partial charge in [-0.05, 0) is 75.7 Å². The second kappa shape index (κ2) is 43.7. The van der Waals surface area contributed by atoms with Crippen molar-refractivity contribution in [2.45, 2.75) is 264 Å². The first kappa shape index (κ1) is 53.6. The second-order valence-corrected chi connectivity index (χ2v) is 18.5. The third-order valence-electron chi connectivity index (χ3n) is 10.6. The van der Waals surface area contributed by atoms with Crippen LogP contribution in [-0.4, -0.2) is 58.4 Å². The molecule has 0 bridgehead atoms. The smallest absolute Gasteiger partial charge is 0.306 e. The van der Waals surface area contributed by atoms with Crippen LogP contribution in [0.4, 0.5) is 0 Å². The molecule has 7 heteroatoms. The summed E-state index contributed by atoms with van der Waals surface area (Å²) < 4.78 is 12.0. The van der Waals surface area contributed by atoms with Gasteiger partial charge in [-0.15, -0.1) is 0 Å². The first-order valence-corrected chi connectivity index (χ1v) is 26.0. The summed E-state index contributed by atoms with van der Waals surface area (Å²) in [6.45, 7) is 8.99. The van der Waals surface area contributed by atoms with Crippen LogP contribution in [0.1, 0.15) is 246 Å². The fourth-order valence-corrected chi connectivity index (χ4v) is 9.13. The largest absolute Gasteiger partial charge is 0.461 e. The summed E-state index contributed by atoms with van der Waals surface area (Å²) in [6.07, 6.45) is 38.0. The monoisotopic (exact) mass is 801 g/mol. The topological polar surface area (TPSA) is 72.8 Å². The normalized spacial score (nSPS) is 13.2. The lowest BCUT2D eigenvalue weighted by atomic mass is 10.0. The summed E-state index contributed by atoms with van der Waals surface area (Å²) in [6, 6.07) is 0. The molecule has 2 unspecified atom stereocenters. The van der Waals surface area contributed by atoms with Crippen LogP contribution in [-0.2, 0) is 19.1 Å². The molecule has 1 N–H and O–H groups in total. The Balaban J connectivity index is 4.39. The molecule has 0 spiro atoms. The number of esters is 2. The van der Waals surface area contributed by atoms with E-state index in [-0.39, 0.29) is 30.3 Å². The second-order valence-electron chi connectivity index (χ2n) is 16.2. The summed E-state index contributed by atoms with van der Waals surface area (Å²) in [7, 11) is 0. The van der Waals surface area contributed by atoms with Crippen molar-refractivity contribution in [3.05, 3.63) is 0 Å². The molecule has 0 saturated heterocycles. The van der Waals surface area contributed by atoms with Gasteiger partial charge in [-0.1, -0.05) is 169 Å². The fourth-order valence-electron chi connectivity index (χ4n) is 6.99. The molecule has 5 nitrogen and oxygen atoms in total. The maximum absolute atomic E-state index is 12.7. The van der Waals surface area contributed by atoms with Gasteiger partial charge >= 0.3 is 11.9 Å². The highest BCUT2D eigenvalue weighted by Crippen LogP contribution is 2.21. The van der Waals surface area contributed by atoms with Gasteiger partial charge in [-0.25, -0.2) is 0 Å². The van der Waals surface area contributed by atoms with Crippen LogP contribution in [0.15, 0.2) is 0 Å². The molecule has 0 heterocycles. The van der Waals surface area contributed by atoms with E-state index in [9.17, 15) is 14.7 Å². The molecule has 0 rings (SSSR count). The molecule has 54 heavy (non-hydrogen) atoms. The summed E-state index contributed by atoms with van der Waals surface area (Å²) in [5.41, 5.74) is 0. The average molecular weight is 801 g/mol. The number of hydrogen-bond donors (Lipinski definition) is 1. The predicted molar refractivity (Wildman–Crippen MR) is 240 cm³/mol. The minimum Gasteiger partial charge on any atom is -0.461 e. The maximum Gasteiger partial charge on any atom is 0.306 e. The van der Waals surface area contributed by atoms with E-state index < -0.39 is 0 Å². The molecule has 0 aromatic heterocycles. The summed E-state index contributed by atoms with van der Waals surface area (Å²) >= 11 is 3.90. The van der Waals surface area contributed by atoms with Crippen LogP contribution in [0, 0.1) is 0 Å². The number of carbonyl (C=O) groups is 2. The van der Waals surface area contributed by atoms with E-state index in [0.717, 1.165) is 113 Å². The number of ether oxygens (including phenoxy) is 2. The quantitative estimate of drug-likeness (QED) is 0.0486. The molecule has 0 saturated carbocycles. The van der Waals surface area contributed by atoms with Gasteiger partial charge in [-0.3, -0.25) is 9.59 Å². The van der Waals surface area contributed by atoms with Gasteiger partial charge in [0.1, 0.15) is 12.2 Å². The SMILES string of the molecule is CCCCCCCCCC(=O)OC(CCCCCC(O)CCCCCC(CSCCCCCC)OC(=O)CCCCCCCCC)CSCCCCCC. The Morgan fingerprint density at radius 2 is 0.704 bits per heavy atom. The zero-order chi connectivity index (χ0) is 39.6. The van der Waals surface area contributed by atoms with Gasteiger partial charge in [0.15, 0.2) is 0 Å². The van der Waals surface area contributed by atoms with Crippen molar-refractivity contribution in [3.63, 3.8) is 0 Å². The lowest BCUT2D eigenvalue weighted by Crippen LogP contribution is -2.21. The Morgan fingerprint density at radius 3 is 1.07 bits per heavy atom. The standard InChI is InChI=1S/C47H92O5S2/c1-5-9-13-17-19-21-29-37-46(49)51-44(41-53-39-31-15-11-7-3)35-27-23-25-33-43(48)34-26-24-28-36-45(42-54-40-32-16-12-8-4)52-47(50)38-30-22-20-18-14-10-6-2/h43-45,48H,5-42H2,1-4H3. The van der Waals surface area contributed by atoms with Gasteiger partial charge in [0.2, 0.25) is 0 Å². The van der Waals surface area contributed by atoms with Crippen molar-refractivity contribution in [3.8, 4) is 0 Å². The van der Waals surface area contributed by atoms with Gasteiger partial charge < -0.3 is 14.6 Å². The Labute approximate surface area is 345 Å². The average Bonchev–Trinajstić information content (AvgIpc) is 3.16. The van der Waals surface area contributed by atoms with Gasteiger partial charge in [0, 0.05) is 24.3 Å². The Hall–Kier alpha value is -0.400. The molecule has 0 radical (unpaired) electrons. The predicted octanol–water partition coefficient (Wildman–Crippen LogP) is 15.0. The molecule has 0 aromatic rings. The third kappa shape index (κ3) is 39.8. The van der Waals surface area contributed by atoms with E-state index in [1.54, 1.807) is 0 Å². The minimum absolute atomic E-state index is 0.00953. The van der Waals surface area contributed by atoms with Gasteiger partial charge in [0.05, 0.1) is 6.10 Å². The van der Waals surface area contributed by atoms with Crippen LogP contribution >= 0.6 is 23.5 Å². The van der Waals surface area contributed by atoms with Crippen molar-refractivity contribution in [1.29, 1.82) is 0 Å². The molecular weight excluding hydrogens is 709 g/mol. The number of carbonyl (C=O) groups excluding carboxylic acids is 2. The van der Waals surface area contributed by atoms with Crippen molar-refractivity contribution in [1.82, 2.24) is 0 Å². The molecule has 0 aliphatic heterocycles. The summed E-state index contributed by atoms with van der Waals surface area (Å²) in [5.74, 6) is 4.11. The van der Waals surface area contributed by atoms with Crippen LogP contribution in [0.3, 0.4) is 0 Å². The zero-order valence-electron chi connectivity index (χ0n) is 36.5. The highest BCUT2D eigenvalue weighted by Gasteiger charge is 2.16. The molecule has 0 aliphatic carbocycles. The number of thioether (sulfide) groups is 2. The van der Waals surface area contributed by atoms with E-state index >= 15 is 0 Å². The summed E-state index contributed by atoms with van der Waals surface area (Å²) in [4.78, 5) is 25.3. The lowest BCUT2D eigenvalue weighted by Gasteiger charge is -2.18. The van der Waals surface area contributed by atoms with E-state index in [0.29, 0.717) is 12.8 Å². The molecule has 0 fully saturated rings. The molecule has 0 aliphatic rings. The maximum atomic E-state index is 12.7. The van der Waals surface area contributed by atoms with Crippen molar-refractivity contribution >= 4 is 35.5 Å². The summed E-state index contributed by atoms with van der Waals surface area (Å²) in [5, 5.41) is 10.7. The van der Waals surface area contributed by atoms with E-state index in [4.69, 9.17) is 9.47 Å². The van der Waals surface area contributed by atoms with Gasteiger partial charge in [-0.2, -0.15) is 23.5 Å². The molecular formula is C47H92O5S2. The molecule has 0 aromatic carbocycles. The number of rotatable bonds is 44. The first-order valence-electron chi connectivity index (χ1n) is 23.7. The fraction of sp³-hybridized carbons (Fsp3) is 0.957. The van der Waals surface area contributed by atoms with Gasteiger partial charge in [0.25, 0.3) is 0 Å². The van der Waals surface area contributed by atoms with Crippen LogP contribution in [0.25, 0.3) is 0 Å². The highest BCUT2D eigenvalue weighted by molar-refractivity contribution is 7.99. The molecule has 0 amide bonds. The minimum atomic E-state index is -0.242. The molecule has 2 atom stereocenters. The third-order valence-corrected chi connectivity index (χ3v) is 13.0. The van der Waals surface area contributed by atoms with E-state index in [1.165, 1.54) is 116 Å². The number of aliphatic hydroxyl groups is 1. The van der Waals surface area contributed by atoms with Crippen LogP contribution in [0.5, 0.6) is 0 Å². The van der Waals surface area contributed by atoms with Crippen LogP contribution < -0.4 is 0 Å². The Kier molecular flexibility index (Phi) is 43.4. The number of aliphatic hydroxyl groups excluding tert-OH is 1. The van der Waals surface area contributed by atoms with Crippen molar-refractivity contribution in [2.75, 3.05) is 23.0 Å². The van der Waals surface area contributed by atoms with Crippen molar-refractivity contribution in [2.24, 2.45) is 0 Å². The zero-order valence-corrected chi connectivity index (χ0v) is 38.1.